The topological polar surface area (TPSA) is 119 Å². The first-order valence-electron chi connectivity index (χ1n) is 11.4. The number of aromatic amines is 1. The summed E-state index contributed by atoms with van der Waals surface area (Å²) in [7, 11) is 0. The lowest BCUT2D eigenvalue weighted by Crippen LogP contribution is -2.15. The minimum Gasteiger partial charge on any atom is -0.482 e. The minimum atomic E-state index is -0.416. The molecule has 36 heavy (non-hydrogen) atoms. The molecule has 4 rings (SSSR count). The summed E-state index contributed by atoms with van der Waals surface area (Å²) in [6.07, 6.45) is 1.77. The van der Waals surface area contributed by atoms with Crippen molar-refractivity contribution in [2.24, 2.45) is 0 Å². The van der Waals surface area contributed by atoms with Crippen LogP contribution >= 0.6 is 11.8 Å². The van der Waals surface area contributed by atoms with Gasteiger partial charge in [-0.2, -0.15) is 0 Å². The van der Waals surface area contributed by atoms with Gasteiger partial charge in [0.25, 0.3) is 5.91 Å². The molecular formula is C26H25N5O4S. The Kier molecular flexibility index (Phi) is 8.66. The average molecular weight is 504 g/mol. The number of anilines is 1. The Morgan fingerprint density at radius 1 is 0.972 bits per heavy atom. The zero-order valence-corrected chi connectivity index (χ0v) is 20.5. The molecule has 0 aliphatic carbocycles. The van der Waals surface area contributed by atoms with Gasteiger partial charge >= 0.3 is 5.97 Å². The lowest BCUT2D eigenvalue weighted by Gasteiger charge is -2.13. The van der Waals surface area contributed by atoms with Crippen molar-refractivity contribution in [3.63, 3.8) is 0 Å². The first-order valence-corrected chi connectivity index (χ1v) is 12.3. The fraction of sp³-hybridized carbons (Fsp3) is 0.192. The number of hydrogen-bond acceptors (Lipinski definition) is 8. The van der Waals surface area contributed by atoms with Crippen LogP contribution in [0.3, 0.4) is 0 Å². The molecule has 2 N–H and O–H groups in total. The van der Waals surface area contributed by atoms with Gasteiger partial charge in [0.2, 0.25) is 0 Å². The normalized spacial score (nSPS) is 10.6. The molecule has 0 saturated carbocycles. The molecular weight excluding hydrogens is 478 g/mol. The minimum absolute atomic E-state index is 0.175. The van der Waals surface area contributed by atoms with Crippen LogP contribution in [0.4, 0.5) is 5.69 Å². The fourth-order valence-corrected chi connectivity index (χ4v) is 4.25. The van der Waals surface area contributed by atoms with Crippen LogP contribution in [0.25, 0.3) is 11.4 Å². The lowest BCUT2D eigenvalue weighted by molar-refractivity contribution is -0.146. The summed E-state index contributed by atoms with van der Waals surface area (Å²) in [5.74, 6) is 0.367. The second kappa shape index (κ2) is 12.5. The summed E-state index contributed by atoms with van der Waals surface area (Å²) in [6, 6.07) is 21.9. The van der Waals surface area contributed by atoms with Crippen LogP contribution in [0.15, 0.2) is 82.6 Å². The van der Waals surface area contributed by atoms with E-state index >= 15 is 0 Å². The highest BCUT2D eigenvalue weighted by atomic mass is 32.2. The molecule has 1 amide bonds. The molecule has 0 bridgehead atoms. The summed E-state index contributed by atoms with van der Waals surface area (Å²) in [4.78, 5) is 26.4. The van der Waals surface area contributed by atoms with E-state index in [0.717, 1.165) is 28.2 Å². The number of H-pyrrole nitrogens is 1. The Bertz CT molecular complexity index is 1300. The van der Waals surface area contributed by atoms with E-state index in [1.807, 2.05) is 55.5 Å². The predicted molar refractivity (Wildman–Crippen MR) is 136 cm³/mol. The van der Waals surface area contributed by atoms with Gasteiger partial charge in [-0.1, -0.05) is 49.4 Å². The van der Waals surface area contributed by atoms with Crippen molar-refractivity contribution in [3.8, 4) is 17.1 Å². The van der Waals surface area contributed by atoms with E-state index in [1.54, 1.807) is 24.3 Å². The van der Waals surface area contributed by atoms with Gasteiger partial charge in [0.1, 0.15) is 5.75 Å². The number of rotatable bonds is 11. The second-order valence-corrected chi connectivity index (χ2v) is 8.77. The van der Waals surface area contributed by atoms with Crippen LogP contribution < -0.4 is 10.1 Å². The summed E-state index contributed by atoms with van der Waals surface area (Å²) >= 11 is 1.50. The first kappa shape index (κ1) is 24.9. The van der Waals surface area contributed by atoms with Crippen molar-refractivity contribution >= 4 is 29.3 Å². The van der Waals surface area contributed by atoms with E-state index in [2.05, 4.69) is 25.9 Å². The molecule has 0 fully saturated rings. The Morgan fingerprint density at radius 2 is 1.72 bits per heavy atom. The van der Waals surface area contributed by atoms with Gasteiger partial charge in [0, 0.05) is 20.9 Å². The van der Waals surface area contributed by atoms with Crippen LogP contribution in [-0.2, 0) is 9.53 Å². The second-order valence-electron chi connectivity index (χ2n) is 7.69. The first-order chi connectivity index (χ1) is 17.6. The standard InChI is InChI=1S/C26H25N5O4S/c1-2-3-16-34-24(32)17-35-19-14-12-18(13-15-19)26(33)27-21-9-5-7-11-23(21)36-22-10-6-4-8-20(22)25-28-30-31-29-25/h4-15H,2-3,16-17H2,1H3,(H,27,33)(H,28,29,30,31). The maximum atomic E-state index is 12.9. The molecule has 0 unspecified atom stereocenters. The molecule has 0 radical (unpaired) electrons. The molecule has 184 valence electrons. The SMILES string of the molecule is CCCCOC(=O)COc1ccc(C(=O)Nc2ccccc2Sc2ccccc2-c2nnn[nH]2)cc1. The fourth-order valence-electron chi connectivity index (χ4n) is 3.21. The number of ether oxygens (including phenoxy) is 2. The van der Waals surface area contributed by atoms with Gasteiger partial charge in [-0.15, -0.1) is 5.10 Å². The maximum Gasteiger partial charge on any atom is 0.344 e. The molecule has 1 aromatic heterocycles. The molecule has 0 saturated heterocycles. The van der Waals surface area contributed by atoms with Gasteiger partial charge in [0.15, 0.2) is 12.4 Å². The summed E-state index contributed by atoms with van der Waals surface area (Å²) < 4.78 is 10.5. The van der Waals surface area contributed by atoms with Crippen molar-refractivity contribution in [2.75, 3.05) is 18.5 Å². The molecule has 0 aliphatic rings. The number of esters is 1. The van der Waals surface area contributed by atoms with Crippen molar-refractivity contribution in [2.45, 2.75) is 29.6 Å². The molecule has 1 heterocycles. The molecule has 3 aromatic carbocycles. The molecule has 10 heteroatoms. The van der Waals surface area contributed by atoms with E-state index in [-0.39, 0.29) is 12.5 Å². The number of amides is 1. The summed E-state index contributed by atoms with van der Waals surface area (Å²) in [5.41, 5.74) is 1.99. The third-order valence-electron chi connectivity index (χ3n) is 5.08. The van der Waals surface area contributed by atoms with Crippen LogP contribution in [-0.4, -0.2) is 45.7 Å². The number of hydrogen-bond donors (Lipinski definition) is 2. The Labute approximate surface area is 212 Å². The smallest absolute Gasteiger partial charge is 0.344 e. The monoisotopic (exact) mass is 503 g/mol. The van der Waals surface area contributed by atoms with E-state index in [4.69, 9.17) is 9.47 Å². The number of tetrazole rings is 1. The van der Waals surface area contributed by atoms with Gasteiger partial charge in [-0.05, 0) is 65.4 Å². The Balaban J connectivity index is 1.40. The number of aromatic nitrogens is 4. The van der Waals surface area contributed by atoms with E-state index in [1.165, 1.54) is 11.8 Å². The molecule has 9 nitrogen and oxygen atoms in total. The summed E-state index contributed by atoms with van der Waals surface area (Å²) in [6.45, 7) is 2.24. The van der Waals surface area contributed by atoms with Crippen LogP contribution in [0, 0.1) is 0 Å². The zero-order chi connectivity index (χ0) is 25.2. The molecule has 0 spiro atoms. The number of nitrogens with one attached hydrogen (secondary N) is 2. The maximum absolute atomic E-state index is 12.9. The average Bonchev–Trinajstić information content (AvgIpc) is 3.44. The van der Waals surface area contributed by atoms with Crippen LogP contribution in [0.1, 0.15) is 30.1 Å². The van der Waals surface area contributed by atoms with Crippen molar-refractivity contribution in [1.29, 1.82) is 0 Å². The number of carbonyl (C=O) groups is 2. The third kappa shape index (κ3) is 6.70. The number of nitrogens with zero attached hydrogens (tertiary/aromatic N) is 3. The van der Waals surface area contributed by atoms with E-state index in [0.29, 0.717) is 29.4 Å². The van der Waals surface area contributed by atoms with Crippen molar-refractivity contribution in [1.82, 2.24) is 20.6 Å². The quantitative estimate of drug-likeness (QED) is 0.217. The Morgan fingerprint density at radius 3 is 2.47 bits per heavy atom. The lowest BCUT2D eigenvalue weighted by atomic mass is 10.2. The number of unbranched alkanes of at least 4 members (excludes halogenated alkanes) is 1. The largest absolute Gasteiger partial charge is 0.482 e. The van der Waals surface area contributed by atoms with Crippen LogP contribution in [0.5, 0.6) is 5.75 Å². The van der Waals surface area contributed by atoms with Crippen molar-refractivity contribution in [3.05, 3.63) is 78.4 Å². The zero-order valence-electron chi connectivity index (χ0n) is 19.6. The van der Waals surface area contributed by atoms with E-state index < -0.39 is 5.97 Å². The van der Waals surface area contributed by atoms with Gasteiger partial charge in [-0.25, -0.2) is 9.89 Å². The number of para-hydroxylation sites is 1. The molecule has 0 aliphatic heterocycles. The van der Waals surface area contributed by atoms with E-state index in [9.17, 15) is 9.59 Å². The predicted octanol–water partition coefficient (Wildman–Crippen LogP) is 4.99. The molecule has 0 atom stereocenters. The van der Waals surface area contributed by atoms with Gasteiger partial charge in [0.05, 0.1) is 12.3 Å². The van der Waals surface area contributed by atoms with Crippen LogP contribution in [0.2, 0.25) is 0 Å². The highest BCUT2D eigenvalue weighted by Gasteiger charge is 2.14. The highest BCUT2D eigenvalue weighted by molar-refractivity contribution is 7.99. The Hall–Kier alpha value is -4.18. The highest BCUT2D eigenvalue weighted by Crippen LogP contribution is 2.38. The summed E-state index contributed by atoms with van der Waals surface area (Å²) in [5, 5.41) is 17.1. The van der Waals surface area contributed by atoms with Crippen molar-refractivity contribution < 1.29 is 19.1 Å². The van der Waals surface area contributed by atoms with Gasteiger partial charge in [-0.3, -0.25) is 4.79 Å². The number of carbonyl (C=O) groups excluding carboxylic acids is 2. The number of benzene rings is 3. The van der Waals surface area contributed by atoms with Gasteiger partial charge < -0.3 is 14.8 Å². The third-order valence-corrected chi connectivity index (χ3v) is 6.23. The molecule has 4 aromatic rings.